The van der Waals surface area contributed by atoms with Gasteiger partial charge < -0.3 is 14.2 Å². The fourth-order valence-corrected chi connectivity index (χ4v) is 3.05. The van der Waals surface area contributed by atoms with Crippen LogP contribution in [0, 0.1) is 0 Å². The van der Waals surface area contributed by atoms with Gasteiger partial charge in [-0.2, -0.15) is 0 Å². The van der Waals surface area contributed by atoms with Crippen molar-refractivity contribution in [1.29, 1.82) is 0 Å². The van der Waals surface area contributed by atoms with Crippen molar-refractivity contribution < 1.29 is 19.0 Å². The van der Waals surface area contributed by atoms with E-state index in [4.69, 9.17) is 14.2 Å². The van der Waals surface area contributed by atoms with Crippen molar-refractivity contribution >= 4 is 6.09 Å². The van der Waals surface area contributed by atoms with Gasteiger partial charge in [0, 0.05) is 0 Å². The first kappa shape index (κ1) is 18.4. The van der Waals surface area contributed by atoms with E-state index in [9.17, 15) is 4.79 Å². The van der Waals surface area contributed by atoms with Gasteiger partial charge in [-0.3, -0.25) is 4.90 Å². The predicted molar refractivity (Wildman–Crippen MR) is 98.4 cm³/mol. The maximum absolute atomic E-state index is 12.6. The lowest BCUT2D eigenvalue weighted by molar-refractivity contribution is -0.0524. The van der Waals surface area contributed by atoms with E-state index < -0.39 is 5.72 Å². The van der Waals surface area contributed by atoms with Crippen molar-refractivity contribution in [3.05, 3.63) is 71.8 Å². The van der Waals surface area contributed by atoms with E-state index in [1.54, 1.807) is 4.90 Å². The Balaban J connectivity index is 1.56. The highest BCUT2D eigenvalue weighted by Crippen LogP contribution is 2.28. The van der Waals surface area contributed by atoms with Crippen LogP contribution in [0.15, 0.2) is 60.7 Å². The molecule has 0 aliphatic carbocycles. The number of carbonyl (C=O) groups is 1. The van der Waals surface area contributed by atoms with Crippen LogP contribution in [0.2, 0.25) is 0 Å². The third-order valence-corrected chi connectivity index (χ3v) is 4.40. The topological polar surface area (TPSA) is 48.0 Å². The molecule has 0 unspecified atom stereocenters. The number of hydrogen-bond donors (Lipinski definition) is 0. The molecule has 1 heterocycles. The van der Waals surface area contributed by atoms with Crippen molar-refractivity contribution in [2.24, 2.45) is 0 Å². The van der Waals surface area contributed by atoms with Crippen LogP contribution in [0.3, 0.4) is 0 Å². The van der Waals surface area contributed by atoms with Gasteiger partial charge >= 0.3 is 6.09 Å². The molecule has 5 heteroatoms. The van der Waals surface area contributed by atoms with E-state index in [0.29, 0.717) is 19.8 Å². The number of hydrogen-bond acceptors (Lipinski definition) is 4. The minimum Gasteiger partial charge on any atom is -0.444 e. The van der Waals surface area contributed by atoms with Gasteiger partial charge in [-0.1, -0.05) is 60.7 Å². The summed E-state index contributed by atoms with van der Waals surface area (Å²) in [6.45, 7) is 5.32. The van der Waals surface area contributed by atoms with Crippen LogP contribution in [0.5, 0.6) is 0 Å². The lowest BCUT2D eigenvalue weighted by Crippen LogP contribution is -2.49. The predicted octanol–water partition coefficient (Wildman–Crippen LogP) is 3.98. The highest BCUT2D eigenvalue weighted by molar-refractivity contribution is 5.69. The maximum Gasteiger partial charge on any atom is 0.412 e. The van der Waals surface area contributed by atoms with Crippen LogP contribution in [0.4, 0.5) is 4.79 Å². The van der Waals surface area contributed by atoms with Gasteiger partial charge in [-0.05, 0) is 25.0 Å². The molecule has 2 aromatic rings. The SMILES string of the molecule is CC1(C)OC[C@@H](COCc2ccccc2)N1C(=O)OCc1ccccc1. The molecule has 1 aliphatic rings. The molecule has 3 rings (SSSR count). The highest BCUT2D eigenvalue weighted by Gasteiger charge is 2.44. The van der Waals surface area contributed by atoms with Crippen LogP contribution in [0.25, 0.3) is 0 Å². The van der Waals surface area contributed by atoms with E-state index in [1.165, 1.54) is 0 Å². The summed E-state index contributed by atoms with van der Waals surface area (Å²) >= 11 is 0. The summed E-state index contributed by atoms with van der Waals surface area (Å²) in [6, 6.07) is 19.4. The summed E-state index contributed by atoms with van der Waals surface area (Å²) < 4.78 is 17.1. The second-order valence-corrected chi connectivity index (χ2v) is 6.82. The summed E-state index contributed by atoms with van der Waals surface area (Å²) in [7, 11) is 0. The first-order valence-corrected chi connectivity index (χ1v) is 8.82. The summed E-state index contributed by atoms with van der Waals surface area (Å²) in [5.41, 5.74) is 1.34. The zero-order valence-electron chi connectivity index (χ0n) is 15.3. The quantitative estimate of drug-likeness (QED) is 0.786. The van der Waals surface area contributed by atoms with E-state index in [1.807, 2.05) is 74.5 Å². The molecular weight excluding hydrogens is 330 g/mol. The number of rotatable bonds is 6. The summed E-state index contributed by atoms with van der Waals surface area (Å²) in [4.78, 5) is 14.3. The summed E-state index contributed by atoms with van der Waals surface area (Å²) in [5, 5.41) is 0. The Bertz CT molecular complexity index is 702. The first-order valence-electron chi connectivity index (χ1n) is 8.82. The number of benzene rings is 2. The molecule has 138 valence electrons. The van der Waals surface area contributed by atoms with E-state index in [0.717, 1.165) is 11.1 Å². The Kier molecular flexibility index (Phi) is 5.91. The summed E-state index contributed by atoms with van der Waals surface area (Å²) in [5.74, 6) is 0. The van der Waals surface area contributed by atoms with Gasteiger partial charge in [-0.15, -0.1) is 0 Å². The number of ether oxygens (including phenoxy) is 3. The van der Waals surface area contributed by atoms with Gasteiger partial charge in [0.25, 0.3) is 0 Å². The molecule has 5 nitrogen and oxygen atoms in total. The number of nitrogens with zero attached hydrogens (tertiary/aromatic N) is 1. The smallest absolute Gasteiger partial charge is 0.412 e. The molecule has 0 N–H and O–H groups in total. The third-order valence-electron chi connectivity index (χ3n) is 4.40. The molecule has 0 saturated carbocycles. The minimum absolute atomic E-state index is 0.169. The average Bonchev–Trinajstić information content (AvgIpc) is 2.96. The van der Waals surface area contributed by atoms with Crippen LogP contribution < -0.4 is 0 Å². The van der Waals surface area contributed by atoms with E-state index in [2.05, 4.69) is 0 Å². The molecule has 0 spiro atoms. The van der Waals surface area contributed by atoms with Crippen LogP contribution in [0.1, 0.15) is 25.0 Å². The standard InChI is InChI=1S/C21H25NO4/c1-21(2)22(20(23)25-14-18-11-7-4-8-12-18)19(16-26-21)15-24-13-17-9-5-3-6-10-17/h3-12,19H,13-16H2,1-2H3/t19-/m1/s1. The van der Waals surface area contributed by atoms with Crippen molar-refractivity contribution in [2.45, 2.75) is 38.8 Å². The van der Waals surface area contributed by atoms with E-state index >= 15 is 0 Å². The lowest BCUT2D eigenvalue weighted by Gasteiger charge is -2.32. The molecule has 1 aliphatic heterocycles. The van der Waals surface area contributed by atoms with Crippen molar-refractivity contribution in [2.75, 3.05) is 13.2 Å². The number of carbonyl (C=O) groups excluding carboxylic acids is 1. The van der Waals surface area contributed by atoms with Crippen LogP contribution in [-0.4, -0.2) is 36.0 Å². The second kappa shape index (κ2) is 8.34. The third kappa shape index (κ3) is 4.62. The molecule has 1 atom stereocenters. The monoisotopic (exact) mass is 355 g/mol. The molecule has 1 fully saturated rings. The maximum atomic E-state index is 12.6. The Hall–Kier alpha value is -2.37. The molecule has 1 saturated heterocycles. The molecule has 2 aromatic carbocycles. The molecular formula is C21H25NO4. The fourth-order valence-electron chi connectivity index (χ4n) is 3.05. The van der Waals surface area contributed by atoms with Crippen LogP contribution in [-0.2, 0) is 27.4 Å². The van der Waals surface area contributed by atoms with Gasteiger partial charge in [-0.25, -0.2) is 4.79 Å². The fraction of sp³-hybridized carbons (Fsp3) is 0.381. The van der Waals surface area contributed by atoms with Gasteiger partial charge in [0.05, 0.1) is 25.9 Å². The molecule has 0 radical (unpaired) electrons. The van der Waals surface area contributed by atoms with Crippen molar-refractivity contribution in [1.82, 2.24) is 4.90 Å². The van der Waals surface area contributed by atoms with Crippen molar-refractivity contribution in [3.63, 3.8) is 0 Å². The average molecular weight is 355 g/mol. The lowest BCUT2D eigenvalue weighted by atomic mass is 10.2. The van der Waals surface area contributed by atoms with E-state index in [-0.39, 0.29) is 18.7 Å². The van der Waals surface area contributed by atoms with Gasteiger partial charge in [0.15, 0.2) is 0 Å². The van der Waals surface area contributed by atoms with Gasteiger partial charge in [0.2, 0.25) is 0 Å². The zero-order valence-corrected chi connectivity index (χ0v) is 15.3. The highest BCUT2D eigenvalue weighted by atomic mass is 16.6. The molecule has 0 aromatic heterocycles. The molecule has 1 amide bonds. The number of amides is 1. The first-order chi connectivity index (χ1) is 12.6. The Morgan fingerprint density at radius 1 is 1.04 bits per heavy atom. The Morgan fingerprint density at radius 3 is 2.23 bits per heavy atom. The Labute approximate surface area is 154 Å². The zero-order chi connectivity index (χ0) is 18.4. The largest absolute Gasteiger partial charge is 0.444 e. The normalized spacial score (nSPS) is 18.7. The van der Waals surface area contributed by atoms with Crippen LogP contribution >= 0.6 is 0 Å². The minimum atomic E-state index is -0.714. The molecule has 26 heavy (non-hydrogen) atoms. The Morgan fingerprint density at radius 2 is 1.62 bits per heavy atom. The molecule has 0 bridgehead atoms. The van der Waals surface area contributed by atoms with Gasteiger partial charge in [0.1, 0.15) is 12.3 Å². The second-order valence-electron chi connectivity index (χ2n) is 6.82. The van der Waals surface area contributed by atoms with Crippen molar-refractivity contribution in [3.8, 4) is 0 Å². The summed E-state index contributed by atoms with van der Waals surface area (Å²) in [6.07, 6.45) is -0.385.